The van der Waals surface area contributed by atoms with Crippen molar-refractivity contribution in [3.63, 3.8) is 0 Å². The second kappa shape index (κ2) is 7.39. The maximum Gasteiger partial charge on any atom is 0.262 e. The van der Waals surface area contributed by atoms with Gasteiger partial charge in [-0.05, 0) is 52.6 Å². The number of anilines is 1. The van der Waals surface area contributed by atoms with E-state index in [0.717, 1.165) is 27.2 Å². The summed E-state index contributed by atoms with van der Waals surface area (Å²) in [5, 5.41) is 2.91. The summed E-state index contributed by atoms with van der Waals surface area (Å²) in [4.78, 5) is 24.4. The number of ether oxygens (including phenoxy) is 1. The van der Waals surface area contributed by atoms with Crippen LogP contribution in [0.2, 0.25) is 0 Å². The van der Waals surface area contributed by atoms with Crippen LogP contribution in [0, 0.1) is 0 Å². The van der Waals surface area contributed by atoms with Crippen LogP contribution in [0.5, 0.6) is 5.75 Å². The highest BCUT2D eigenvalue weighted by atomic mass is 32.2. The van der Waals surface area contributed by atoms with Crippen molar-refractivity contribution in [2.45, 2.75) is 10.1 Å². The van der Waals surface area contributed by atoms with Crippen molar-refractivity contribution in [1.82, 2.24) is 0 Å². The van der Waals surface area contributed by atoms with Crippen LogP contribution in [0.15, 0.2) is 71.6 Å². The zero-order valence-corrected chi connectivity index (χ0v) is 16.7. The highest BCUT2D eigenvalue weighted by molar-refractivity contribution is 8.00. The number of carbonyl (C=O) groups is 2. The number of benzene rings is 3. The van der Waals surface area contributed by atoms with Crippen molar-refractivity contribution in [2.75, 3.05) is 11.9 Å². The molecule has 2 amide bonds. The van der Waals surface area contributed by atoms with E-state index in [0.29, 0.717) is 17.0 Å². The minimum Gasteiger partial charge on any atom is -0.482 e. The first-order valence-corrected chi connectivity index (χ1v) is 10.4. The standard InChI is InChI=1S/C24H18N2O3S/c25-24(28)17-7-6-16-10-18(15-8-9-20-19(11-15)26-22(27)13-29-20)23(30-21(16)12-17)14-4-2-1-3-5-14/h1-12,23H,13H2,(H2,25,28)(H,26,27). The molecule has 0 saturated carbocycles. The smallest absolute Gasteiger partial charge is 0.262 e. The van der Waals surface area contributed by atoms with E-state index in [1.54, 1.807) is 17.8 Å². The molecule has 0 spiro atoms. The maximum atomic E-state index is 11.8. The molecule has 2 aliphatic heterocycles. The van der Waals surface area contributed by atoms with Gasteiger partial charge in [0.15, 0.2) is 6.61 Å². The molecule has 0 bridgehead atoms. The maximum absolute atomic E-state index is 11.8. The molecule has 0 fully saturated rings. The lowest BCUT2D eigenvalue weighted by atomic mass is 9.94. The molecule has 0 saturated heterocycles. The van der Waals surface area contributed by atoms with Crippen LogP contribution in [0.4, 0.5) is 5.69 Å². The molecule has 2 heterocycles. The summed E-state index contributed by atoms with van der Waals surface area (Å²) in [7, 11) is 0. The molecule has 3 aromatic carbocycles. The average molecular weight is 414 g/mol. The van der Waals surface area contributed by atoms with E-state index in [1.165, 1.54) is 0 Å². The van der Waals surface area contributed by atoms with Gasteiger partial charge in [0.1, 0.15) is 5.75 Å². The summed E-state index contributed by atoms with van der Waals surface area (Å²) in [6.45, 7) is 0.0348. The van der Waals surface area contributed by atoms with Crippen LogP contribution in [0.1, 0.15) is 32.3 Å². The van der Waals surface area contributed by atoms with Crippen molar-refractivity contribution in [2.24, 2.45) is 5.73 Å². The summed E-state index contributed by atoms with van der Waals surface area (Å²) < 4.78 is 5.50. The van der Waals surface area contributed by atoms with Gasteiger partial charge in [-0.1, -0.05) is 42.5 Å². The monoisotopic (exact) mass is 414 g/mol. The minimum atomic E-state index is -0.435. The molecule has 148 valence electrons. The van der Waals surface area contributed by atoms with Gasteiger partial charge in [-0.25, -0.2) is 0 Å². The largest absolute Gasteiger partial charge is 0.482 e. The lowest BCUT2D eigenvalue weighted by Gasteiger charge is -2.28. The number of fused-ring (bicyclic) bond motifs is 2. The molecule has 0 aliphatic carbocycles. The normalized spacial score (nSPS) is 17.1. The van der Waals surface area contributed by atoms with Gasteiger partial charge >= 0.3 is 0 Å². The Hall–Kier alpha value is -3.51. The Balaban J connectivity index is 1.64. The van der Waals surface area contributed by atoms with Crippen LogP contribution >= 0.6 is 11.8 Å². The fourth-order valence-electron chi connectivity index (χ4n) is 3.72. The van der Waals surface area contributed by atoms with Gasteiger partial charge in [-0.2, -0.15) is 0 Å². The Labute approximate surface area is 177 Å². The predicted molar refractivity (Wildman–Crippen MR) is 118 cm³/mol. The molecule has 5 rings (SSSR count). The fraction of sp³-hybridized carbons (Fsp3) is 0.0833. The van der Waals surface area contributed by atoms with Gasteiger partial charge in [-0.3, -0.25) is 9.59 Å². The van der Waals surface area contributed by atoms with Gasteiger partial charge in [0.2, 0.25) is 5.91 Å². The molecule has 30 heavy (non-hydrogen) atoms. The number of hydrogen-bond donors (Lipinski definition) is 2. The van der Waals surface area contributed by atoms with E-state index in [1.807, 2.05) is 48.5 Å². The van der Waals surface area contributed by atoms with Crippen LogP contribution < -0.4 is 15.8 Å². The van der Waals surface area contributed by atoms with Gasteiger partial charge in [0, 0.05) is 10.5 Å². The Morgan fingerprint density at radius 2 is 1.90 bits per heavy atom. The molecule has 1 atom stereocenters. The third kappa shape index (κ3) is 3.35. The molecule has 2 aliphatic rings. The SMILES string of the molecule is NC(=O)c1ccc2c(c1)SC(c1ccccc1)C(c1ccc3c(c1)NC(=O)CO3)=C2. The quantitative estimate of drug-likeness (QED) is 0.661. The fourth-order valence-corrected chi connectivity index (χ4v) is 5.05. The van der Waals surface area contributed by atoms with E-state index in [9.17, 15) is 9.59 Å². The summed E-state index contributed by atoms with van der Waals surface area (Å²) >= 11 is 1.69. The van der Waals surface area contributed by atoms with Gasteiger partial charge in [0.05, 0.1) is 10.9 Å². The highest BCUT2D eigenvalue weighted by Crippen LogP contribution is 2.51. The van der Waals surface area contributed by atoms with E-state index >= 15 is 0 Å². The molecule has 1 unspecified atom stereocenters. The first kappa shape index (κ1) is 18.5. The van der Waals surface area contributed by atoms with Crippen molar-refractivity contribution in [3.8, 4) is 5.75 Å². The lowest BCUT2D eigenvalue weighted by molar-refractivity contribution is -0.118. The number of nitrogens with one attached hydrogen (secondary N) is 1. The highest BCUT2D eigenvalue weighted by Gasteiger charge is 2.27. The first-order chi connectivity index (χ1) is 14.6. The van der Waals surface area contributed by atoms with Crippen LogP contribution in [0.3, 0.4) is 0 Å². The second-order valence-corrected chi connectivity index (χ2v) is 8.32. The van der Waals surface area contributed by atoms with E-state index in [2.05, 4.69) is 23.5 Å². The molecule has 3 N–H and O–H groups in total. The lowest BCUT2D eigenvalue weighted by Crippen LogP contribution is -2.25. The Morgan fingerprint density at radius 3 is 2.70 bits per heavy atom. The molecular formula is C24H18N2O3S. The van der Waals surface area contributed by atoms with Crippen LogP contribution in [0.25, 0.3) is 11.6 Å². The number of hydrogen-bond acceptors (Lipinski definition) is 4. The molecule has 0 aromatic heterocycles. The van der Waals surface area contributed by atoms with Gasteiger partial charge in [0.25, 0.3) is 5.91 Å². The Morgan fingerprint density at radius 1 is 1.07 bits per heavy atom. The van der Waals surface area contributed by atoms with E-state index < -0.39 is 5.91 Å². The number of thioether (sulfide) groups is 1. The topological polar surface area (TPSA) is 81.4 Å². The zero-order chi connectivity index (χ0) is 20.7. The number of amides is 2. The van der Waals surface area contributed by atoms with Crippen LogP contribution in [-0.4, -0.2) is 18.4 Å². The first-order valence-electron chi connectivity index (χ1n) is 9.52. The van der Waals surface area contributed by atoms with Crippen molar-refractivity contribution >= 4 is 40.9 Å². The van der Waals surface area contributed by atoms with E-state index in [-0.39, 0.29) is 17.8 Å². The second-order valence-electron chi connectivity index (χ2n) is 7.17. The third-order valence-corrected chi connectivity index (χ3v) is 6.55. The van der Waals surface area contributed by atoms with Crippen molar-refractivity contribution in [1.29, 1.82) is 0 Å². The van der Waals surface area contributed by atoms with Crippen LogP contribution in [-0.2, 0) is 4.79 Å². The number of primary amides is 1. The van der Waals surface area contributed by atoms with E-state index in [4.69, 9.17) is 10.5 Å². The summed E-state index contributed by atoms with van der Waals surface area (Å²) in [6.07, 6.45) is 2.14. The number of nitrogens with two attached hydrogens (primary N) is 1. The molecular weight excluding hydrogens is 396 g/mol. The Bertz CT molecular complexity index is 1200. The molecule has 0 radical (unpaired) electrons. The summed E-state index contributed by atoms with van der Waals surface area (Å²) in [6, 6.07) is 21.6. The summed E-state index contributed by atoms with van der Waals surface area (Å²) in [5.74, 6) is 0.0793. The van der Waals surface area contributed by atoms with Gasteiger partial charge in [-0.15, -0.1) is 11.8 Å². The number of carbonyl (C=O) groups excluding carboxylic acids is 2. The zero-order valence-electron chi connectivity index (χ0n) is 15.9. The minimum absolute atomic E-state index is 0.0279. The number of rotatable bonds is 3. The average Bonchev–Trinajstić information content (AvgIpc) is 2.77. The Kier molecular flexibility index (Phi) is 4.56. The summed E-state index contributed by atoms with van der Waals surface area (Å²) in [5.41, 5.74) is 11.0. The predicted octanol–water partition coefficient (Wildman–Crippen LogP) is 4.50. The third-order valence-electron chi connectivity index (χ3n) is 5.18. The molecule has 6 heteroatoms. The molecule has 3 aromatic rings. The van der Waals surface area contributed by atoms with Crippen molar-refractivity contribution < 1.29 is 14.3 Å². The van der Waals surface area contributed by atoms with Gasteiger partial charge < -0.3 is 15.8 Å². The van der Waals surface area contributed by atoms with Crippen molar-refractivity contribution in [3.05, 3.63) is 89.0 Å². The molecule has 5 nitrogen and oxygen atoms in total.